The number of benzene rings is 1. The lowest BCUT2D eigenvalue weighted by atomic mass is 10.2. The highest BCUT2D eigenvalue weighted by atomic mass is 16.2. The SMILES string of the molecule is O=C(NCCn1nc(-c2ccncc2)cc1C1CC1)Nc1ccccc1. The zero-order valence-corrected chi connectivity index (χ0v) is 14.4. The third-order valence-electron chi connectivity index (χ3n) is 4.42. The van der Waals surface area contributed by atoms with Crippen molar-refractivity contribution in [1.29, 1.82) is 0 Å². The monoisotopic (exact) mass is 347 g/mol. The molecule has 0 aliphatic heterocycles. The van der Waals surface area contributed by atoms with E-state index >= 15 is 0 Å². The summed E-state index contributed by atoms with van der Waals surface area (Å²) in [6.45, 7) is 1.18. The van der Waals surface area contributed by atoms with Gasteiger partial charge in [-0.3, -0.25) is 9.67 Å². The largest absolute Gasteiger partial charge is 0.336 e. The van der Waals surface area contributed by atoms with Crippen LogP contribution in [-0.2, 0) is 6.54 Å². The van der Waals surface area contributed by atoms with Gasteiger partial charge in [-0.2, -0.15) is 5.10 Å². The van der Waals surface area contributed by atoms with E-state index in [1.165, 1.54) is 18.5 Å². The first kappa shape index (κ1) is 16.3. The summed E-state index contributed by atoms with van der Waals surface area (Å²) in [7, 11) is 0. The van der Waals surface area contributed by atoms with E-state index in [-0.39, 0.29) is 6.03 Å². The van der Waals surface area contributed by atoms with Gasteiger partial charge in [0.2, 0.25) is 0 Å². The van der Waals surface area contributed by atoms with Crippen LogP contribution in [0.4, 0.5) is 10.5 Å². The predicted molar refractivity (Wildman–Crippen MR) is 101 cm³/mol. The molecule has 0 unspecified atom stereocenters. The number of anilines is 1. The van der Waals surface area contributed by atoms with Gasteiger partial charge in [-0.05, 0) is 43.2 Å². The van der Waals surface area contributed by atoms with Gasteiger partial charge in [0.15, 0.2) is 0 Å². The molecule has 1 saturated carbocycles. The lowest BCUT2D eigenvalue weighted by Gasteiger charge is -2.09. The number of amides is 2. The van der Waals surface area contributed by atoms with E-state index in [0.29, 0.717) is 19.0 Å². The van der Waals surface area contributed by atoms with Crippen LogP contribution in [0.25, 0.3) is 11.3 Å². The highest BCUT2D eigenvalue weighted by Crippen LogP contribution is 2.41. The molecule has 2 aromatic heterocycles. The predicted octanol–water partition coefficient (Wildman–Crippen LogP) is 3.64. The molecule has 2 N–H and O–H groups in total. The molecule has 26 heavy (non-hydrogen) atoms. The highest BCUT2D eigenvalue weighted by molar-refractivity contribution is 5.89. The molecular weight excluding hydrogens is 326 g/mol. The first-order valence-corrected chi connectivity index (χ1v) is 8.87. The van der Waals surface area contributed by atoms with Crippen molar-refractivity contribution in [3.8, 4) is 11.3 Å². The summed E-state index contributed by atoms with van der Waals surface area (Å²) in [6.07, 6.45) is 5.98. The molecule has 2 heterocycles. The molecule has 1 aliphatic carbocycles. The van der Waals surface area contributed by atoms with Gasteiger partial charge in [0.05, 0.1) is 12.2 Å². The number of carbonyl (C=O) groups is 1. The van der Waals surface area contributed by atoms with Crippen LogP contribution < -0.4 is 10.6 Å². The molecule has 132 valence electrons. The van der Waals surface area contributed by atoms with E-state index in [4.69, 9.17) is 5.10 Å². The van der Waals surface area contributed by atoms with Crippen LogP contribution in [-0.4, -0.2) is 27.3 Å². The number of carbonyl (C=O) groups excluding carboxylic acids is 1. The number of nitrogens with zero attached hydrogens (tertiary/aromatic N) is 3. The summed E-state index contributed by atoms with van der Waals surface area (Å²) < 4.78 is 2.02. The number of nitrogens with one attached hydrogen (secondary N) is 2. The van der Waals surface area contributed by atoms with Crippen molar-refractivity contribution < 1.29 is 4.79 Å². The van der Waals surface area contributed by atoms with Crippen molar-refractivity contribution >= 4 is 11.7 Å². The summed E-state index contributed by atoms with van der Waals surface area (Å²) in [5.41, 5.74) is 4.06. The number of aromatic nitrogens is 3. The van der Waals surface area contributed by atoms with Gasteiger partial charge in [0, 0.05) is 41.8 Å². The fourth-order valence-electron chi connectivity index (χ4n) is 2.95. The van der Waals surface area contributed by atoms with E-state index in [1.54, 1.807) is 12.4 Å². The molecule has 0 atom stereocenters. The second-order valence-corrected chi connectivity index (χ2v) is 6.43. The highest BCUT2D eigenvalue weighted by Gasteiger charge is 2.28. The van der Waals surface area contributed by atoms with E-state index in [0.717, 1.165) is 16.9 Å². The molecule has 0 bridgehead atoms. The molecule has 1 aromatic carbocycles. The number of hydrogen-bond acceptors (Lipinski definition) is 3. The Hall–Kier alpha value is -3.15. The van der Waals surface area contributed by atoms with Gasteiger partial charge in [0.25, 0.3) is 0 Å². The molecule has 3 aromatic rings. The number of hydrogen-bond donors (Lipinski definition) is 2. The van der Waals surface area contributed by atoms with E-state index < -0.39 is 0 Å². The summed E-state index contributed by atoms with van der Waals surface area (Å²) >= 11 is 0. The number of para-hydroxylation sites is 1. The zero-order chi connectivity index (χ0) is 17.8. The Bertz CT molecular complexity index is 872. The Kier molecular flexibility index (Phi) is 4.64. The van der Waals surface area contributed by atoms with Crippen LogP contribution in [0.3, 0.4) is 0 Å². The third-order valence-corrected chi connectivity index (χ3v) is 4.42. The van der Waals surface area contributed by atoms with Crippen molar-refractivity contribution in [3.05, 3.63) is 66.6 Å². The Balaban J connectivity index is 1.38. The maximum absolute atomic E-state index is 12.0. The van der Waals surface area contributed by atoms with Gasteiger partial charge < -0.3 is 10.6 Å². The molecule has 4 rings (SSSR count). The topological polar surface area (TPSA) is 71.8 Å². The molecule has 0 spiro atoms. The normalized spacial score (nSPS) is 13.4. The standard InChI is InChI=1S/C20H21N5O/c26-20(23-17-4-2-1-3-5-17)22-12-13-25-19(16-6-7-16)14-18(24-25)15-8-10-21-11-9-15/h1-5,8-11,14,16H,6-7,12-13H2,(H2,22,23,26). The second-order valence-electron chi connectivity index (χ2n) is 6.43. The van der Waals surface area contributed by atoms with Crippen LogP contribution in [0.15, 0.2) is 60.9 Å². The lowest BCUT2D eigenvalue weighted by molar-refractivity contribution is 0.251. The summed E-state index contributed by atoms with van der Waals surface area (Å²) in [5, 5.41) is 10.5. The average molecular weight is 347 g/mol. The second kappa shape index (κ2) is 7.39. The van der Waals surface area contributed by atoms with Crippen LogP contribution in [0, 0.1) is 0 Å². The number of rotatable bonds is 6. The third kappa shape index (κ3) is 3.91. The quantitative estimate of drug-likeness (QED) is 0.715. The minimum absolute atomic E-state index is 0.203. The Morgan fingerprint density at radius 3 is 2.62 bits per heavy atom. The maximum atomic E-state index is 12.0. The van der Waals surface area contributed by atoms with Crippen molar-refractivity contribution in [1.82, 2.24) is 20.1 Å². The molecule has 1 fully saturated rings. The fraction of sp³-hybridized carbons (Fsp3) is 0.250. The molecule has 0 radical (unpaired) electrons. The van der Waals surface area contributed by atoms with Gasteiger partial charge in [0.1, 0.15) is 0 Å². The minimum atomic E-state index is -0.203. The van der Waals surface area contributed by atoms with Gasteiger partial charge in [-0.1, -0.05) is 18.2 Å². The maximum Gasteiger partial charge on any atom is 0.319 e. The smallest absolute Gasteiger partial charge is 0.319 e. The molecule has 6 nitrogen and oxygen atoms in total. The Morgan fingerprint density at radius 1 is 1.12 bits per heavy atom. The van der Waals surface area contributed by atoms with Gasteiger partial charge >= 0.3 is 6.03 Å². The molecular formula is C20H21N5O. The van der Waals surface area contributed by atoms with Crippen LogP contribution >= 0.6 is 0 Å². The number of pyridine rings is 1. The van der Waals surface area contributed by atoms with E-state index in [9.17, 15) is 4.79 Å². The van der Waals surface area contributed by atoms with Gasteiger partial charge in [-0.15, -0.1) is 0 Å². The molecule has 1 aliphatic rings. The zero-order valence-electron chi connectivity index (χ0n) is 14.4. The van der Waals surface area contributed by atoms with Crippen molar-refractivity contribution in [2.45, 2.75) is 25.3 Å². The first-order valence-electron chi connectivity index (χ1n) is 8.87. The molecule has 6 heteroatoms. The number of urea groups is 1. The lowest BCUT2D eigenvalue weighted by Crippen LogP contribution is -2.31. The van der Waals surface area contributed by atoms with E-state index in [1.807, 2.05) is 47.1 Å². The van der Waals surface area contributed by atoms with Crippen molar-refractivity contribution in [2.75, 3.05) is 11.9 Å². The summed E-state index contributed by atoms with van der Waals surface area (Å²) in [4.78, 5) is 16.1. The van der Waals surface area contributed by atoms with Crippen molar-refractivity contribution in [2.24, 2.45) is 0 Å². The average Bonchev–Trinajstić information content (AvgIpc) is 3.43. The van der Waals surface area contributed by atoms with Crippen molar-refractivity contribution in [3.63, 3.8) is 0 Å². The summed E-state index contributed by atoms with van der Waals surface area (Å²) in [6, 6.07) is 15.3. The fourth-order valence-corrected chi connectivity index (χ4v) is 2.95. The first-order chi connectivity index (χ1) is 12.8. The molecule has 2 amide bonds. The van der Waals surface area contributed by atoms with E-state index in [2.05, 4.69) is 21.7 Å². The van der Waals surface area contributed by atoms with Crippen LogP contribution in [0.1, 0.15) is 24.5 Å². The Labute approximate surface area is 152 Å². The minimum Gasteiger partial charge on any atom is -0.336 e. The van der Waals surface area contributed by atoms with Crippen LogP contribution in [0.5, 0.6) is 0 Å². The Morgan fingerprint density at radius 2 is 1.88 bits per heavy atom. The summed E-state index contributed by atoms with van der Waals surface area (Å²) in [5.74, 6) is 0.594. The van der Waals surface area contributed by atoms with Crippen LogP contribution in [0.2, 0.25) is 0 Å². The van der Waals surface area contributed by atoms with Gasteiger partial charge in [-0.25, -0.2) is 4.79 Å². The molecule has 0 saturated heterocycles.